The van der Waals surface area contributed by atoms with Crippen molar-refractivity contribution in [2.24, 2.45) is 12.5 Å². The molecule has 39 heavy (non-hydrogen) atoms. The van der Waals surface area contributed by atoms with Gasteiger partial charge in [0.25, 0.3) is 11.8 Å². The molecule has 5 rings (SSSR count). The number of benzene rings is 2. The van der Waals surface area contributed by atoms with Crippen LogP contribution < -0.4 is 10.1 Å². The van der Waals surface area contributed by atoms with E-state index in [-0.39, 0.29) is 23.0 Å². The van der Waals surface area contributed by atoms with Crippen LogP contribution in [-0.2, 0) is 13.6 Å². The zero-order chi connectivity index (χ0) is 27.2. The minimum absolute atomic E-state index is 0.0598. The molecular weight excluding hydrogens is 499 g/mol. The van der Waals surface area contributed by atoms with Crippen LogP contribution in [0.3, 0.4) is 0 Å². The van der Waals surface area contributed by atoms with Gasteiger partial charge < -0.3 is 15.0 Å². The number of amides is 2. The third-order valence-electron chi connectivity index (χ3n) is 7.92. The Labute approximate surface area is 227 Å². The number of aromatic nitrogens is 3. The van der Waals surface area contributed by atoms with Gasteiger partial charge in [0.1, 0.15) is 17.3 Å². The van der Waals surface area contributed by atoms with Crippen molar-refractivity contribution in [2.75, 3.05) is 39.3 Å². The summed E-state index contributed by atoms with van der Waals surface area (Å²) in [5.41, 5.74) is 1.91. The summed E-state index contributed by atoms with van der Waals surface area (Å²) in [6.07, 6.45) is 4.99. The highest BCUT2D eigenvalue weighted by Gasteiger charge is 2.37. The normalized spacial score (nSPS) is 18.7. The van der Waals surface area contributed by atoms with E-state index in [4.69, 9.17) is 4.74 Å². The van der Waals surface area contributed by atoms with Crippen molar-refractivity contribution >= 4 is 11.8 Å². The van der Waals surface area contributed by atoms with Gasteiger partial charge in [0.2, 0.25) is 0 Å². The number of hydrogen-bond donors (Lipinski definition) is 1. The Morgan fingerprint density at radius 3 is 2.56 bits per heavy atom. The molecule has 206 valence electrons. The van der Waals surface area contributed by atoms with Crippen LogP contribution in [-0.4, -0.2) is 75.9 Å². The number of hydrogen-bond acceptors (Lipinski definition) is 6. The molecule has 3 heterocycles. The van der Waals surface area contributed by atoms with E-state index < -0.39 is 0 Å². The van der Waals surface area contributed by atoms with Crippen molar-refractivity contribution in [2.45, 2.75) is 32.2 Å². The minimum atomic E-state index is -0.249. The quantitative estimate of drug-likeness (QED) is 0.555. The Kier molecular flexibility index (Phi) is 8.21. The molecule has 0 bridgehead atoms. The van der Waals surface area contributed by atoms with Crippen molar-refractivity contribution < 1.29 is 18.7 Å². The molecule has 1 aromatic heterocycles. The van der Waals surface area contributed by atoms with Crippen molar-refractivity contribution in [3.8, 4) is 5.75 Å². The monoisotopic (exact) mass is 534 g/mol. The van der Waals surface area contributed by atoms with Crippen molar-refractivity contribution in [3.05, 3.63) is 77.4 Å². The van der Waals surface area contributed by atoms with Crippen LogP contribution in [0.25, 0.3) is 0 Å². The molecule has 0 radical (unpaired) electrons. The van der Waals surface area contributed by atoms with Crippen LogP contribution in [0.5, 0.6) is 5.75 Å². The van der Waals surface area contributed by atoms with Gasteiger partial charge >= 0.3 is 0 Å². The van der Waals surface area contributed by atoms with Crippen molar-refractivity contribution in [1.82, 2.24) is 30.1 Å². The number of para-hydroxylation sites is 1. The molecular formula is C29H35FN6O3. The van der Waals surface area contributed by atoms with Gasteiger partial charge in [-0.25, -0.2) is 9.07 Å². The lowest BCUT2D eigenvalue weighted by Gasteiger charge is -2.42. The molecule has 0 saturated carbocycles. The molecule has 1 spiro atoms. The Hall–Kier alpha value is -3.79. The van der Waals surface area contributed by atoms with E-state index in [0.29, 0.717) is 56.3 Å². The standard InChI is InChI=1S/C29H35FN6O3/c1-34-25(19-32-33-34)28(38)36-16-12-29(13-17-36)11-4-15-35(20-22-7-9-23(30)10-8-22)18-14-31-27(37)24-5-2-3-6-26(24)39-21-29/h2-3,5-10,19H,4,11-18,20-21H2,1H3,(H,31,37). The molecule has 0 aliphatic carbocycles. The Balaban J connectivity index is 1.33. The maximum atomic E-state index is 13.4. The summed E-state index contributed by atoms with van der Waals surface area (Å²) in [7, 11) is 1.72. The van der Waals surface area contributed by atoms with Crippen LogP contribution in [0.4, 0.5) is 4.39 Å². The molecule has 2 aliphatic rings. The predicted molar refractivity (Wildman–Crippen MR) is 144 cm³/mol. The fourth-order valence-corrected chi connectivity index (χ4v) is 5.53. The van der Waals surface area contributed by atoms with E-state index in [2.05, 4.69) is 20.5 Å². The molecule has 10 heteroatoms. The highest BCUT2D eigenvalue weighted by Crippen LogP contribution is 2.38. The fourth-order valence-electron chi connectivity index (χ4n) is 5.53. The van der Waals surface area contributed by atoms with Crippen LogP contribution in [0, 0.1) is 11.2 Å². The Morgan fingerprint density at radius 2 is 1.82 bits per heavy atom. The Morgan fingerprint density at radius 1 is 1.05 bits per heavy atom. The lowest BCUT2D eigenvalue weighted by Crippen LogP contribution is -2.46. The van der Waals surface area contributed by atoms with E-state index in [1.54, 1.807) is 13.1 Å². The third-order valence-corrected chi connectivity index (χ3v) is 7.92. The van der Waals surface area contributed by atoms with E-state index in [0.717, 1.165) is 37.8 Å². The minimum Gasteiger partial charge on any atom is -0.492 e. The van der Waals surface area contributed by atoms with Crippen LogP contribution in [0.2, 0.25) is 0 Å². The summed E-state index contributed by atoms with van der Waals surface area (Å²) in [6.45, 7) is 4.41. The number of nitrogens with one attached hydrogen (secondary N) is 1. The maximum Gasteiger partial charge on any atom is 0.273 e. The third kappa shape index (κ3) is 6.44. The number of carbonyl (C=O) groups is 2. The second-order valence-corrected chi connectivity index (χ2v) is 10.6. The van der Waals surface area contributed by atoms with E-state index in [1.807, 2.05) is 35.2 Å². The van der Waals surface area contributed by atoms with Gasteiger partial charge in [-0.3, -0.25) is 14.5 Å². The van der Waals surface area contributed by atoms with Crippen molar-refractivity contribution in [1.29, 1.82) is 0 Å². The van der Waals surface area contributed by atoms with Gasteiger partial charge in [-0.15, -0.1) is 5.10 Å². The van der Waals surface area contributed by atoms with Gasteiger partial charge in [0, 0.05) is 45.2 Å². The fraction of sp³-hybridized carbons (Fsp3) is 0.448. The van der Waals surface area contributed by atoms with Gasteiger partial charge in [-0.1, -0.05) is 29.5 Å². The van der Waals surface area contributed by atoms with E-state index in [9.17, 15) is 14.0 Å². The molecule has 1 fully saturated rings. The number of ether oxygens (including phenoxy) is 1. The highest BCUT2D eigenvalue weighted by molar-refractivity contribution is 5.96. The summed E-state index contributed by atoms with van der Waals surface area (Å²) < 4.78 is 21.3. The molecule has 1 saturated heterocycles. The zero-order valence-electron chi connectivity index (χ0n) is 22.3. The smallest absolute Gasteiger partial charge is 0.273 e. The van der Waals surface area contributed by atoms with Gasteiger partial charge in [0.15, 0.2) is 0 Å². The number of carbonyl (C=O) groups excluding carboxylic acids is 2. The first kappa shape index (κ1) is 26.8. The van der Waals surface area contributed by atoms with E-state index >= 15 is 0 Å². The summed E-state index contributed by atoms with van der Waals surface area (Å²) in [6, 6.07) is 13.9. The molecule has 2 aromatic carbocycles. The summed E-state index contributed by atoms with van der Waals surface area (Å²) in [5.74, 6) is 0.110. The van der Waals surface area contributed by atoms with Gasteiger partial charge in [0.05, 0.1) is 18.4 Å². The van der Waals surface area contributed by atoms with Crippen molar-refractivity contribution in [3.63, 3.8) is 0 Å². The number of fused-ring (bicyclic) bond motifs is 1. The molecule has 2 amide bonds. The van der Waals surface area contributed by atoms with Crippen LogP contribution in [0.1, 0.15) is 52.1 Å². The SMILES string of the molecule is Cn1nncc1C(=O)N1CCC2(CCCN(Cc3ccc(F)cc3)CCNC(=O)c3ccccc3OC2)CC1. The molecule has 0 unspecified atom stereocenters. The van der Waals surface area contributed by atoms with Gasteiger partial charge in [-0.2, -0.15) is 0 Å². The second-order valence-electron chi connectivity index (χ2n) is 10.6. The number of halogens is 1. The summed E-state index contributed by atoms with van der Waals surface area (Å²) in [4.78, 5) is 30.3. The van der Waals surface area contributed by atoms with Crippen LogP contribution in [0.15, 0.2) is 54.7 Å². The highest BCUT2D eigenvalue weighted by atomic mass is 19.1. The number of rotatable bonds is 3. The number of nitrogens with zero attached hydrogens (tertiary/aromatic N) is 5. The summed E-state index contributed by atoms with van der Waals surface area (Å²) in [5, 5.41) is 10.8. The molecule has 3 aromatic rings. The molecule has 1 N–H and O–H groups in total. The van der Waals surface area contributed by atoms with Crippen LogP contribution >= 0.6 is 0 Å². The number of likely N-dealkylation sites (tertiary alicyclic amines) is 1. The first-order valence-corrected chi connectivity index (χ1v) is 13.5. The lowest BCUT2D eigenvalue weighted by atomic mass is 9.75. The molecule has 0 atom stereocenters. The average molecular weight is 535 g/mol. The average Bonchev–Trinajstić information content (AvgIpc) is 3.38. The topological polar surface area (TPSA) is 92.6 Å². The number of piperidine rings is 1. The molecule has 2 aliphatic heterocycles. The summed E-state index contributed by atoms with van der Waals surface area (Å²) >= 11 is 0. The van der Waals surface area contributed by atoms with Gasteiger partial charge in [-0.05, 0) is 62.1 Å². The first-order chi connectivity index (χ1) is 18.9. The first-order valence-electron chi connectivity index (χ1n) is 13.5. The number of aryl methyl sites for hydroxylation is 1. The zero-order valence-corrected chi connectivity index (χ0v) is 22.3. The van der Waals surface area contributed by atoms with E-state index in [1.165, 1.54) is 23.0 Å². The maximum absolute atomic E-state index is 13.4. The largest absolute Gasteiger partial charge is 0.492 e. The lowest BCUT2D eigenvalue weighted by molar-refractivity contribution is 0.0342. The molecule has 9 nitrogen and oxygen atoms in total. The predicted octanol–water partition coefficient (Wildman–Crippen LogP) is 3.28. The second kappa shape index (κ2) is 11.9. The Bertz CT molecular complexity index is 1290.